The summed E-state index contributed by atoms with van der Waals surface area (Å²) in [5.74, 6) is 0.829. The van der Waals surface area contributed by atoms with Gasteiger partial charge in [0.05, 0.1) is 6.61 Å². The molecule has 2 aromatic carbocycles. The molecular formula is C14H13ClO2. The summed E-state index contributed by atoms with van der Waals surface area (Å²) in [4.78, 5) is 0. The Morgan fingerprint density at radius 2 is 1.82 bits per heavy atom. The van der Waals surface area contributed by atoms with E-state index in [9.17, 15) is 0 Å². The van der Waals surface area contributed by atoms with Crippen molar-refractivity contribution in [1.82, 2.24) is 0 Å². The average molecular weight is 249 g/mol. The summed E-state index contributed by atoms with van der Waals surface area (Å²) in [5.41, 5.74) is 1.71. The summed E-state index contributed by atoms with van der Waals surface area (Å²) in [6.07, 6.45) is 0. The summed E-state index contributed by atoms with van der Waals surface area (Å²) in [5, 5.41) is 9.57. The van der Waals surface area contributed by atoms with Crippen molar-refractivity contribution in [1.29, 1.82) is 0 Å². The van der Waals surface area contributed by atoms with Crippen molar-refractivity contribution >= 4 is 11.6 Å². The van der Waals surface area contributed by atoms with E-state index < -0.39 is 0 Å². The number of benzene rings is 2. The van der Waals surface area contributed by atoms with Crippen LogP contribution in [0.4, 0.5) is 0 Å². The zero-order valence-corrected chi connectivity index (χ0v) is 10.0. The predicted octanol–water partition coefficient (Wildman–Crippen LogP) is 3.41. The standard InChI is InChI=1S/C14H13ClO2/c15-14-8-11(6-7-12(14)9-16)10-17-13-4-2-1-3-5-13/h1-8,16H,9-10H2. The van der Waals surface area contributed by atoms with Crippen LogP contribution in [0.3, 0.4) is 0 Å². The molecule has 0 aliphatic carbocycles. The van der Waals surface area contributed by atoms with Crippen LogP contribution < -0.4 is 4.74 Å². The Kier molecular flexibility index (Phi) is 4.02. The molecule has 0 spiro atoms. The van der Waals surface area contributed by atoms with Crippen molar-refractivity contribution in [2.75, 3.05) is 0 Å². The van der Waals surface area contributed by atoms with Crippen LogP contribution >= 0.6 is 11.6 Å². The maximum absolute atomic E-state index is 9.00. The first-order chi connectivity index (χ1) is 8.29. The highest BCUT2D eigenvalue weighted by atomic mass is 35.5. The van der Waals surface area contributed by atoms with Crippen molar-refractivity contribution < 1.29 is 9.84 Å². The molecule has 0 aliphatic heterocycles. The molecule has 0 unspecified atom stereocenters. The first-order valence-electron chi connectivity index (χ1n) is 5.35. The molecule has 2 rings (SSSR count). The lowest BCUT2D eigenvalue weighted by Crippen LogP contribution is -1.96. The van der Waals surface area contributed by atoms with Gasteiger partial charge in [0.25, 0.3) is 0 Å². The van der Waals surface area contributed by atoms with Crippen molar-refractivity contribution in [3.63, 3.8) is 0 Å². The van der Waals surface area contributed by atoms with Crippen molar-refractivity contribution in [3.8, 4) is 5.75 Å². The van der Waals surface area contributed by atoms with E-state index in [4.69, 9.17) is 21.4 Å². The molecular weight excluding hydrogens is 236 g/mol. The molecule has 2 nitrogen and oxygen atoms in total. The van der Waals surface area contributed by atoms with Gasteiger partial charge in [0, 0.05) is 5.02 Å². The van der Waals surface area contributed by atoms with E-state index >= 15 is 0 Å². The smallest absolute Gasteiger partial charge is 0.119 e. The maximum atomic E-state index is 9.00. The zero-order valence-electron chi connectivity index (χ0n) is 9.27. The summed E-state index contributed by atoms with van der Waals surface area (Å²) in [6, 6.07) is 15.1. The van der Waals surface area contributed by atoms with E-state index in [1.54, 1.807) is 0 Å². The second-order valence-corrected chi connectivity index (χ2v) is 4.09. The molecule has 1 N–H and O–H groups in total. The Hall–Kier alpha value is -1.51. The number of hydrogen-bond acceptors (Lipinski definition) is 2. The fraction of sp³-hybridized carbons (Fsp3) is 0.143. The molecule has 3 heteroatoms. The third kappa shape index (κ3) is 3.22. The number of hydrogen-bond donors (Lipinski definition) is 1. The molecule has 0 heterocycles. The average Bonchev–Trinajstić information content (AvgIpc) is 2.38. The molecule has 0 saturated heterocycles. The minimum atomic E-state index is -0.0430. The molecule has 0 aliphatic rings. The maximum Gasteiger partial charge on any atom is 0.119 e. The van der Waals surface area contributed by atoms with E-state index in [1.165, 1.54) is 0 Å². The quantitative estimate of drug-likeness (QED) is 0.899. The fourth-order valence-electron chi connectivity index (χ4n) is 1.49. The molecule has 0 amide bonds. The fourth-order valence-corrected chi connectivity index (χ4v) is 1.76. The van der Waals surface area contributed by atoms with Crippen LogP contribution in [0.15, 0.2) is 48.5 Å². The zero-order chi connectivity index (χ0) is 12.1. The number of halogens is 1. The third-order valence-electron chi connectivity index (χ3n) is 2.44. The Bertz CT molecular complexity index is 483. The van der Waals surface area contributed by atoms with Crippen LogP contribution in [0.5, 0.6) is 5.75 Å². The lowest BCUT2D eigenvalue weighted by atomic mass is 10.1. The largest absolute Gasteiger partial charge is 0.489 e. The summed E-state index contributed by atoms with van der Waals surface area (Å²) in [7, 11) is 0. The molecule has 2 aromatic rings. The van der Waals surface area contributed by atoms with Gasteiger partial charge in [-0.2, -0.15) is 0 Å². The monoisotopic (exact) mass is 248 g/mol. The third-order valence-corrected chi connectivity index (χ3v) is 2.79. The normalized spacial score (nSPS) is 10.2. The molecule has 88 valence electrons. The number of aliphatic hydroxyl groups is 1. The van der Waals surface area contributed by atoms with E-state index in [1.807, 2.05) is 48.5 Å². The van der Waals surface area contributed by atoms with Gasteiger partial charge in [-0.1, -0.05) is 41.9 Å². The number of aliphatic hydroxyl groups excluding tert-OH is 1. The lowest BCUT2D eigenvalue weighted by Gasteiger charge is -2.07. The van der Waals surface area contributed by atoms with Gasteiger partial charge < -0.3 is 9.84 Å². The summed E-state index contributed by atoms with van der Waals surface area (Å²) >= 11 is 6.00. The summed E-state index contributed by atoms with van der Waals surface area (Å²) < 4.78 is 5.60. The highest BCUT2D eigenvalue weighted by Gasteiger charge is 2.01. The highest BCUT2D eigenvalue weighted by Crippen LogP contribution is 2.19. The highest BCUT2D eigenvalue weighted by molar-refractivity contribution is 6.31. The Labute approximate surface area is 105 Å². The van der Waals surface area contributed by atoms with Gasteiger partial charge in [0.15, 0.2) is 0 Å². The predicted molar refractivity (Wildman–Crippen MR) is 68.1 cm³/mol. The molecule has 0 aromatic heterocycles. The first kappa shape index (κ1) is 12.0. The van der Waals surface area contributed by atoms with Crippen molar-refractivity contribution in [3.05, 3.63) is 64.7 Å². The SMILES string of the molecule is OCc1ccc(COc2ccccc2)cc1Cl. The van der Waals surface area contributed by atoms with E-state index in [0.29, 0.717) is 11.6 Å². The van der Waals surface area contributed by atoms with E-state index in [2.05, 4.69) is 0 Å². The Morgan fingerprint density at radius 3 is 2.47 bits per heavy atom. The second kappa shape index (κ2) is 5.71. The van der Waals surface area contributed by atoms with Gasteiger partial charge in [-0.25, -0.2) is 0 Å². The van der Waals surface area contributed by atoms with Crippen LogP contribution in [0.1, 0.15) is 11.1 Å². The van der Waals surface area contributed by atoms with Crippen LogP contribution in [0, 0.1) is 0 Å². The van der Waals surface area contributed by atoms with Crippen molar-refractivity contribution in [2.45, 2.75) is 13.2 Å². The molecule has 0 atom stereocenters. The second-order valence-electron chi connectivity index (χ2n) is 3.69. The number of ether oxygens (including phenoxy) is 1. The number of rotatable bonds is 4. The van der Waals surface area contributed by atoms with E-state index in [-0.39, 0.29) is 6.61 Å². The Morgan fingerprint density at radius 1 is 1.06 bits per heavy atom. The Balaban J connectivity index is 2.02. The molecule has 0 radical (unpaired) electrons. The van der Waals surface area contributed by atoms with Crippen LogP contribution in [-0.2, 0) is 13.2 Å². The first-order valence-corrected chi connectivity index (χ1v) is 5.73. The van der Waals surface area contributed by atoms with Gasteiger partial charge in [-0.05, 0) is 29.3 Å². The van der Waals surface area contributed by atoms with Gasteiger partial charge in [-0.15, -0.1) is 0 Å². The van der Waals surface area contributed by atoms with E-state index in [0.717, 1.165) is 16.9 Å². The van der Waals surface area contributed by atoms with Gasteiger partial charge >= 0.3 is 0 Å². The topological polar surface area (TPSA) is 29.5 Å². The lowest BCUT2D eigenvalue weighted by molar-refractivity contribution is 0.281. The van der Waals surface area contributed by atoms with Crippen molar-refractivity contribution in [2.24, 2.45) is 0 Å². The van der Waals surface area contributed by atoms with Gasteiger partial charge in [0.2, 0.25) is 0 Å². The molecule has 0 fully saturated rings. The minimum absolute atomic E-state index is 0.0430. The van der Waals surface area contributed by atoms with Crippen LogP contribution in [0.25, 0.3) is 0 Å². The molecule has 0 bridgehead atoms. The molecule has 0 saturated carbocycles. The number of para-hydroxylation sites is 1. The van der Waals surface area contributed by atoms with Crippen LogP contribution in [0.2, 0.25) is 5.02 Å². The van der Waals surface area contributed by atoms with Gasteiger partial charge in [0.1, 0.15) is 12.4 Å². The van der Waals surface area contributed by atoms with Crippen LogP contribution in [-0.4, -0.2) is 5.11 Å². The molecule has 17 heavy (non-hydrogen) atoms. The van der Waals surface area contributed by atoms with Gasteiger partial charge in [-0.3, -0.25) is 0 Å². The summed E-state index contributed by atoms with van der Waals surface area (Å²) in [6.45, 7) is 0.425. The minimum Gasteiger partial charge on any atom is -0.489 e.